The second-order valence-corrected chi connectivity index (χ2v) is 13.4. The number of halogens is 2. The Balaban J connectivity index is 1.40. The van der Waals surface area contributed by atoms with Gasteiger partial charge in [-0.1, -0.05) is 47.5 Å². The summed E-state index contributed by atoms with van der Waals surface area (Å²) in [6.07, 6.45) is 1.76. The summed E-state index contributed by atoms with van der Waals surface area (Å²) in [5.41, 5.74) is 3.59. The zero-order chi connectivity index (χ0) is 35.3. The van der Waals surface area contributed by atoms with E-state index in [1.165, 1.54) is 24.3 Å². The van der Waals surface area contributed by atoms with Gasteiger partial charge in [0, 0.05) is 17.5 Å². The van der Waals surface area contributed by atoms with Crippen LogP contribution in [0.5, 0.6) is 5.75 Å². The molecule has 2 saturated heterocycles. The Morgan fingerprint density at radius 2 is 1.64 bits per heavy atom. The van der Waals surface area contributed by atoms with E-state index in [2.05, 4.69) is 5.43 Å². The zero-order valence-corrected chi connectivity index (χ0v) is 27.4. The van der Waals surface area contributed by atoms with Crippen molar-refractivity contribution >= 4 is 46.9 Å². The van der Waals surface area contributed by atoms with Crippen LogP contribution in [0.3, 0.4) is 0 Å². The molecule has 7 rings (SSSR count). The van der Waals surface area contributed by atoms with Crippen LogP contribution in [0.1, 0.15) is 36.3 Å². The molecule has 0 aromatic heterocycles. The van der Waals surface area contributed by atoms with E-state index in [9.17, 15) is 33.8 Å². The summed E-state index contributed by atoms with van der Waals surface area (Å²) in [5, 5.41) is 19.9. The molecular formula is C37H33ClFN3O8. The number of carboxylic acid groups (broad SMARTS) is 1. The molecule has 13 heteroatoms. The number of nitrogens with zero attached hydrogens (tertiary/aromatic N) is 2. The third kappa shape index (κ3) is 5.34. The lowest BCUT2D eigenvalue weighted by atomic mass is 9.49. The number of benzene rings is 3. The van der Waals surface area contributed by atoms with Crippen molar-refractivity contribution in [1.29, 1.82) is 0 Å². The average molecular weight is 702 g/mol. The molecule has 0 radical (unpaired) electrons. The molecule has 1 saturated carbocycles. The Morgan fingerprint density at radius 3 is 2.30 bits per heavy atom. The molecule has 4 amide bonds. The minimum absolute atomic E-state index is 0.0573. The number of carbonyl (C=O) groups is 5. The lowest BCUT2D eigenvalue weighted by molar-refractivity contribution is -0.143. The fourth-order valence-corrected chi connectivity index (χ4v) is 8.57. The number of hydrogen-bond acceptors (Lipinski definition) is 8. The van der Waals surface area contributed by atoms with Gasteiger partial charge in [-0.05, 0) is 78.4 Å². The predicted molar refractivity (Wildman–Crippen MR) is 177 cm³/mol. The zero-order valence-electron chi connectivity index (χ0n) is 26.6. The summed E-state index contributed by atoms with van der Waals surface area (Å²) in [7, 11) is 0. The van der Waals surface area contributed by atoms with Crippen molar-refractivity contribution in [2.24, 2.45) is 23.7 Å². The van der Waals surface area contributed by atoms with Gasteiger partial charge in [0.25, 0.3) is 11.8 Å². The number of anilines is 1. The highest BCUT2D eigenvalue weighted by atomic mass is 35.5. The van der Waals surface area contributed by atoms with Crippen molar-refractivity contribution in [1.82, 2.24) is 9.91 Å². The Hall–Kier alpha value is -5.07. The minimum Gasteiger partial charge on any atom is -0.491 e. The molecule has 50 heavy (non-hydrogen) atoms. The topological polar surface area (TPSA) is 154 Å². The highest BCUT2D eigenvalue weighted by molar-refractivity contribution is 6.30. The molecule has 3 fully saturated rings. The summed E-state index contributed by atoms with van der Waals surface area (Å²) >= 11 is 6.32. The number of aliphatic carboxylic acids is 1. The lowest BCUT2D eigenvalue weighted by Crippen LogP contribution is -2.53. The number of nitrogens with one attached hydrogen (secondary N) is 1. The molecule has 4 aliphatic rings. The van der Waals surface area contributed by atoms with Crippen molar-refractivity contribution in [2.75, 3.05) is 25.2 Å². The maximum absolute atomic E-state index is 15.1. The van der Waals surface area contributed by atoms with Gasteiger partial charge in [0.05, 0.1) is 41.9 Å². The maximum Gasteiger partial charge on any atom is 0.305 e. The van der Waals surface area contributed by atoms with Gasteiger partial charge in [-0.3, -0.25) is 34.3 Å². The summed E-state index contributed by atoms with van der Waals surface area (Å²) < 4.78 is 19.4. The number of allylic oxidation sites excluding steroid dienone is 2. The number of likely N-dealkylation sites (tertiary alicyclic amines) is 1. The molecule has 2 heterocycles. The molecule has 3 N–H and O–H groups in total. The van der Waals surface area contributed by atoms with Crippen LogP contribution in [-0.2, 0) is 29.4 Å². The lowest BCUT2D eigenvalue weighted by Gasteiger charge is -2.50. The van der Waals surface area contributed by atoms with E-state index in [1.807, 2.05) is 6.08 Å². The van der Waals surface area contributed by atoms with Crippen molar-refractivity contribution in [3.63, 3.8) is 0 Å². The van der Waals surface area contributed by atoms with Gasteiger partial charge >= 0.3 is 5.97 Å². The van der Waals surface area contributed by atoms with E-state index in [0.717, 1.165) is 15.5 Å². The third-order valence-corrected chi connectivity index (χ3v) is 10.7. The first-order valence-corrected chi connectivity index (χ1v) is 16.7. The number of ether oxygens (including phenoxy) is 1. The van der Waals surface area contributed by atoms with Crippen LogP contribution in [-0.4, -0.2) is 69.5 Å². The van der Waals surface area contributed by atoms with Crippen LogP contribution >= 0.6 is 11.6 Å². The predicted octanol–water partition coefficient (Wildman–Crippen LogP) is 4.31. The number of hydrogen-bond donors (Lipinski definition) is 3. The van der Waals surface area contributed by atoms with Crippen molar-refractivity contribution in [2.45, 2.75) is 30.6 Å². The number of imide groups is 2. The first kappa shape index (κ1) is 33.4. The second kappa shape index (κ2) is 13.0. The van der Waals surface area contributed by atoms with Gasteiger partial charge in [-0.15, -0.1) is 0 Å². The smallest absolute Gasteiger partial charge is 0.305 e. The van der Waals surface area contributed by atoms with E-state index in [1.54, 1.807) is 48.5 Å². The standard InChI is InChI=1S/C37H33ClFN3O8/c38-22-5-3-21(4-6-22)37-29(34(47)42(36(37)49)40-24-9-7-23(39)8-10-24)19-28-26(32(37)20-1-11-25(12-2-20)50-18-17-43)13-14-27-31(28)35(48)41(33(27)46)16-15-30(44)45/h1-13,27-29,31-32,40,43H,14-19H2,(H,44,45). The minimum atomic E-state index is -1.54. The molecular weight excluding hydrogens is 669 g/mol. The van der Waals surface area contributed by atoms with E-state index in [0.29, 0.717) is 27.6 Å². The van der Waals surface area contributed by atoms with Crippen molar-refractivity contribution < 1.29 is 43.3 Å². The second-order valence-electron chi connectivity index (χ2n) is 13.0. The van der Waals surface area contributed by atoms with Gasteiger partial charge in [0.2, 0.25) is 11.8 Å². The Bertz CT molecular complexity index is 1900. The third-order valence-electron chi connectivity index (χ3n) is 10.5. The van der Waals surface area contributed by atoms with Gasteiger partial charge in [0.1, 0.15) is 18.2 Å². The SMILES string of the molecule is O=C(O)CCN1C(=O)C2CC=C3C(CC4C(=O)N(Nc5ccc(F)cc5)C(=O)C4(c4ccc(Cl)cc4)C3c3ccc(OCCO)cc3)C2C1=O. The van der Waals surface area contributed by atoms with Gasteiger partial charge in [-0.2, -0.15) is 5.01 Å². The molecule has 3 aromatic rings. The molecule has 0 bridgehead atoms. The van der Waals surface area contributed by atoms with E-state index in [-0.39, 0.29) is 32.6 Å². The monoisotopic (exact) mass is 701 g/mol. The quantitative estimate of drug-likeness (QED) is 0.207. The number of rotatable bonds is 10. The number of fused-ring (bicyclic) bond motifs is 4. The first-order valence-electron chi connectivity index (χ1n) is 16.3. The summed E-state index contributed by atoms with van der Waals surface area (Å²) in [6.45, 7) is -0.375. The Labute approximate surface area is 291 Å². The van der Waals surface area contributed by atoms with Gasteiger partial charge in [-0.25, -0.2) is 4.39 Å². The van der Waals surface area contributed by atoms with Gasteiger partial charge < -0.3 is 14.9 Å². The number of amides is 4. The van der Waals surface area contributed by atoms with E-state index >= 15 is 4.79 Å². The van der Waals surface area contributed by atoms with Gasteiger partial charge in [0.15, 0.2) is 0 Å². The summed E-state index contributed by atoms with van der Waals surface area (Å²) in [6, 6.07) is 19.0. The molecule has 3 aromatic carbocycles. The van der Waals surface area contributed by atoms with E-state index < -0.39 is 76.8 Å². The Kier molecular flexibility index (Phi) is 8.69. The normalized spacial score (nSPS) is 27.1. The number of hydrazine groups is 1. The summed E-state index contributed by atoms with van der Waals surface area (Å²) in [4.78, 5) is 69.6. The molecule has 258 valence electrons. The number of carboxylic acids is 1. The summed E-state index contributed by atoms with van der Waals surface area (Å²) in [5.74, 6) is -7.21. The van der Waals surface area contributed by atoms with E-state index in [4.69, 9.17) is 16.3 Å². The molecule has 2 aliphatic heterocycles. The molecule has 11 nitrogen and oxygen atoms in total. The largest absolute Gasteiger partial charge is 0.491 e. The highest BCUT2D eigenvalue weighted by Gasteiger charge is 2.70. The van der Waals surface area contributed by atoms with Crippen LogP contribution in [0.25, 0.3) is 0 Å². The molecule has 2 aliphatic carbocycles. The molecule has 0 spiro atoms. The highest BCUT2D eigenvalue weighted by Crippen LogP contribution is 2.64. The first-order chi connectivity index (χ1) is 24.1. The fourth-order valence-electron chi connectivity index (χ4n) is 8.44. The molecule has 6 atom stereocenters. The maximum atomic E-state index is 15.1. The van der Waals surface area contributed by atoms with Crippen molar-refractivity contribution in [3.8, 4) is 5.75 Å². The molecule has 6 unspecified atom stereocenters. The van der Waals surface area contributed by atoms with Crippen LogP contribution in [0.2, 0.25) is 5.02 Å². The fraction of sp³-hybridized carbons (Fsp3) is 0.324. The number of aliphatic hydroxyl groups excluding tert-OH is 1. The average Bonchev–Trinajstić information content (AvgIpc) is 3.48. The Morgan fingerprint density at radius 1 is 0.940 bits per heavy atom. The van der Waals surface area contributed by atoms with Crippen LogP contribution < -0.4 is 10.2 Å². The number of aliphatic hydroxyl groups is 1. The number of carbonyl (C=O) groups excluding carboxylic acids is 4. The van der Waals surface area contributed by atoms with Crippen LogP contribution in [0, 0.1) is 29.5 Å². The van der Waals surface area contributed by atoms with Crippen LogP contribution in [0.15, 0.2) is 84.4 Å². The van der Waals surface area contributed by atoms with Crippen LogP contribution in [0.4, 0.5) is 10.1 Å². The van der Waals surface area contributed by atoms with Crippen molar-refractivity contribution in [3.05, 3.63) is 106 Å².